The lowest BCUT2D eigenvalue weighted by atomic mass is 10.1. The second kappa shape index (κ2) is 7.60. The molecule has 110 valence electrons. The van der Waals surface area contributed by atoms with Crippen LogP contribution in [0.1, 0.15) is 23.6 Å². The maximum atomic E-state index is 11.4. The minimum atomic E-state index is -0.816. The summed E-state index contributed by atoms with van der Waals surface area (Å²) in [6, 6.07) is 17.4. The zero-order chi connectivity index (χ0) is 15.1. The Morgan fingerprint density at radius 1 is 1.00 bits per heavy atom. The minimum Gasteiger partial charge on any atom is -0.480 e. The van der Waals surface area contributed by atoms with Crippen LogP contribution in [0.4, 0.5) is 0 Å². The summed E-state index contributed by atoms with van der Waals surface area (Å²) < 4.78 is 0. The van der Waals surface area contributed by atoms with Gasteiger partial charge in [0, 0.05) is 6.54 Å². The van der Waals surface area contributed by atoms with Gasteiger partial charge in [0.1, 0.15) is 6.04 Å². The number of carboxylic acids is 1. The minimum absolute atomic E-state index is 0.489. The number of benzene rings is 2. The maximum absolute atomic E-state index is 11.4. The van der Waals surface area contributed by atoms with Crippen molar-refractivity contribution < 1.29 is 9.90 Å². The molecule has 0 bridgehead atoms. The molecular weight excluding hydrogens is 262 g/mol. The van der Waals surface area contributed by atoms with Crippen molar-refractivity contribution in [3.8, 4) is 0 Å². The third-order valence-corrected chi connectivity index (χ3v) is 3.56. The van der Waals surface area contributed by atoms with Gasteiger partial charge in [0.25, 0.3) is 0 Å². The predicted molar refractivity (Wildman–Crippen MR) is 84.2 cm³/mol. The van der Waals surface area contributed by atoms with E-state index in [9.17, 15) is 9.90 Å². The lowest BCUT2D eigenvalue weighted by Gasteiger charge is -2.15. The topological polar surface area (TPSA) is 49.3 Å². The van der Waals surface area contributed by atoms with Crippen LogP contribution in [0.5, 0.6) is 0 Å². The van der Waals surface area contributed by atoms with Gasteiger partial charge in [-0.15, -0.1) is 0 Å². The highest BCUT2D eigenvalue weighted by molar-refractivity contribution is 5.73. The zero-order valence-corrected chi connectivity index (χ0v) is 12.3. The van der Waals surface area contributed by atoms with Crippen LogP contribution >= 0.6 is 0 Å². The molecule has 3 heteroatoms. The summed E-state index contributed by atoms with van der Waals surface area (Å²) in [5.41, 5.74) is 3.42. The van der Waals surface area contributed by atoms with E-state index in [0.29, 0.717) is 13.0 Å². The normalized spacial score (nSPS) is 12.0. The standard InChI is InChI=1S/C18H21NO2/c1-2-14-8-10-16(11-9-14)13-19-17(18(20)21)12-15-6-4-3-5-7-15/h3-11,17,19H,2,12-13H2,1H3,(H,20,21)/t17-/m1/s1. The van der Waals surface area contributed by atoms with Gasteiger partial charge in [-0.1, -0.05) is 61.5 Å². The van der Waals surface area contributed by atoms with Crippen LogP contribution in [0, 0.1) is 0 Å². The number of aryl methyl sites for hydroxylation is 1. The molecule has 0 radical (unpaired) electrons. The second-order valence-electron chi connectivity index (χ2n) is 5.13. The molecule has 0 aliphatic carbocycles. The zero-order valence-electron chi connectivity index (χ0n) is 12.3. The molecule has 2 rings (SSSR count). The first-order valence-electron chi connectivity index (χ1n) is 7.27. The number of carbonyl (C=O) groups is 1. The molecule has 21 heavy (non-hydrogen) atoms. The maximum Gasteiger partial charge on any atom is 0.321 e. The SMILES string of the molecule is CCc1ccc(CN[C@H](Cc2ccccc2)C(=O)O)cc1. The molecule has 0 unspecified atom stereocenters. The molecular formula is C18H21NO2. The molecule has 0 aromatic heterocycles. The molecule has 0 aliphatic rings. The van der Waals surface area contributed by atoms with Crippen molar-refractivity contribution in [2.45, 2.75) is 32.4 Å². The smallest absolute Gasteiger partial charge is 0.321 e. The summed E-state index contributed by atoms with van der Waals surface area (Å²) in [6.45, 7) is 2.68. The fourth-order valence-corrected chi connectivity index (χ4v) is 2.23. The number of carboxylic acid groups (broad SMARTS) is 1. The van der Waals surface area contributed by atoms with E-state index in [1.165, 1.54) is 5.56 Å². The molecule has 0 spiro atoms. The molecule has 0 amide bonds. The Hall–Kier alpha value is -2.13. The number of hydrogen-bond donors (Lipinski definition) is 2. The average Bonchev–Trinajstić information content (AvgIpc) is 2.52. The molecule has 0 fully saturated rings. The van der Waals surface area contributed by atoms with Crippen molar-refractivity contribution in [1.29, 1.82) is 0 Å². The van der Waals surface area contributed by atoms with Gasteiger partial charge in [-0.3, -0.25) is 4.79 Å². The van der Waals surface area contributed by atoms with Gasteiger partial charge in [0.15, 0.2) is 0 Å². The van der Waals surface area contributed by atoms with E-state index in [4.69, 9.17) is 0 Å². The monoisotopic (exact) mass is 283 g/mol. The lowest BCUT2D eigenvalue weighted by Crippen LogP contribution is -2.38. The van der Waals surface area contributed by atoms with Crippen LogP contribution in [-0.2, 0) is 24.2 Å². The summed E-state index contributed by atoms with van der Waals surface area (Å²) in [5.74, 6) is -0.816. The molecule has 1 atom stereocenters. The largest absolute Gasteiger partial charge is 0.480 e. The van der Waals surface area contributed by atoms with Crippen LogP contribution in [0.25, 0.3) is 0 Å². The highest BCUT2D eigenvalue weighted by Crippen LogP contribution is 2.07. The van der Waals surface area contributed by atoms with Crippen LogP contribution < -0.4 is 5.32 Å². The van der Waals surface area contributed by atoms with Gasteiger partial charge in [0.2, 0.25) is 0 Å². The van der Waals surface area contributed by atoms with E-state index >= 15 is 0 Å². The molecule has 0 heterocycles. The van der Waals surface area contributed by atoms with Crippen LogP contribution in [0.15, 0.2) is 54.6 Å². The van der Waals surface area contributed by atoms with Gasteiger partial charge in [-0.2, -0.15) is 0 Å². The van der Waals surface area contributed by atoms with Gasteiger partial charge < -0.3 is 10.4 Å². The summed E-state index contributed by atoms with van der Waals surface area (Å²) >= 11 is 0. The Morgan fingerprint density at radius 3 is 2.19 bits per heavy atom. The molecule has 0 aliphatic heterocycles. The molecule has 2 aromatic rings. The van der Waals surface area contributed by atoms with E-state index in [1.807, 2.05) is 42.5 Å². The Balaban J connectivity index is 1.95. The molecule has 2 N–H and O–H groups in total. The third-order valence-electron chi connectivity index (χ3n) is 3.56. The number of nitrogens with one attached hydrogen (secondary N) is 1. The fraction of sp³-hybridized carbons (Fsp3) is 0.278. The molecule has 0 saturated heterocycles. The second-order valence-corrected chi connectivity index (χ2v) is 5.13. The van der Waals surface area contributed by atoms with Crippen molar-refractivity contribution in [1.82, 2.24) is 5.32 Å². The van der Waals surface area contributed by atoms with Crippen molar-refractivity contribution in [3.05, 3.63) is 71.3 Å². The van der Waals surface area contributed by atoms with Crippen molar-refractivity contribution in [3.63, 3.8) is 0 Å². The number of aliphatic carboxylic acids is 1. The molecule has 2 aromatic carbocycles. The van der Waals surface area contributed by atoms with Crippen LogP contribution in [0.3, 0.4) is 0 Å². The lowest BCUT2D eigenvalue weighted by molar-refractivity contribution is -0.139. The molecule has 0 saturated carbocycles. The number of hydrogen-bond acceptors (Lipinski definition) is 2. The van der Waals surface area contributed by atoms with Gasteiger partial charge in [-0.05, 0) is 29.5 Å². The van der Waals surface area contributed by atoms with Crippen molar-refractivity contribution in [2.24, 2.45) is 0 Å². The van der Waals surface area contributed by atoms with E-state index in [1.54, 1.807) is 0 Å². The average molecular weight is 283 g/mol. The highest BCUT2D eigenvalue weighted by Gasteiger charge is 2.17. The van der Waals surface area contributed by atoms with E-state index in [-0.39, 0.29) is 0 Å². The van der Waals surface area contributed by atoms with Gasteiger partial charge >= 0.3 is 5.97 Å². The summed E-state index contributed by atoms with van der Waals surface area (Å²) in [7, 11) is 0. The Kier molecular flexibility index (Phi) is 5.52. The Labute approximate surface area is 125 Å². The first-order chi connectivity index (χ1) is 10.2. The predicted octanol–water partition coefficient (Wildman–Crippen LogP) is 3.03. The van der Waals surface area contributed by atoms with Gasteiger partial charge in [0.05, 0.1) is 0 Å². The van der Waals surface area contributed by atoms with Crippen LogP contribution in [0.2, 0.25) is 0 Å². The van der Waals surface area contributed by atoms with E-state index in [0.717, 1.165) is 17.5 Å². The summed E-state index contributed by atoms with van der Waals surface area (Å²) in [5, 5.41) is 12.5. The third kappa shape index (κ3) is 4.72. The molecule has 3 nitrogen and oxygen atoms in total. The van der Waals surface area contributed by atoms with E-state index < -0.39 is 12.0 Å². The summed E-state index contributed by atoms with van der Waals surface area (Å²) in [4.78, 5) is 11.4. The number of rotatable bonds is 7. The first-order valence-corrected chi connectivity index (χ1v) is 7.27. The van der Waals surface area contributed by atoms with Crippen molar-refractivity contribution in [2.75, 3.05) is 0 Å². The highest BCUT2D eigenvalue weighted by atomic mass is 16.4. The van der Waals surface area contributed by atoms with Crippen LogP contribution in [-0.4, -0.2) is 17.1 Å². The quantitative estimate of drug-likeness (QED) is 0.821. The Bertz CT molecular complexity index is 564. The fourth-order valence-electron chi connectivity index (χ4n) is 2.23. The van der Waals surface area contributed by atoms with E-state index in [2.05, 4.69) is 24.4 Å². The van der Waals surface area contributed by atoms with Gasteiger partial charge in [-0.25, -0.2) is 0 Å². The first kappa shape index (κ1) is 15.3. The Morgan fingerprint density at radius 2 is 1.62 bits per heavy atom. The van der Waals surface area contributed by atoms with Crippen molar-refractivity contribution >= 4 is 5.97 Å². The summed E-state index contributed by atoms with van der Waals surface area (Å²) in [6.07, 6.45) is 1.50.